The Morgan fingerprint density at radius 1 is 1.45 bits per heavy atom. The van der Waals surface area contributed by atoms with Crippen molar-refractivity contribution < 1.29 is 23.9 Å². The molecule has 0 saturated heterocycles. The van der Waals surface area contributed by atoms with Crippen molar-refractivity contribution in [2.75, 3.05) is 6.61 Å². The van der Waals surface area contributed by atoms with Crippen LogP contribution < -0.4 is 9.47 Å². The van der Waals surface area contributed by atoms with E-state index in [0.717, 1.165) is 0 Å². The van der Waals surface area contributed by atoms with Crippen molar-refractivity contribution in [2.24, 2.45) is 0 Å². The minimum Gasteiger partial charge on any atom is -0.490 e. The Bertz CT molecular complexity index is 600. The van der Waals surface area contributed by atoms with Gasteiger partial charge in [-0.25, -0.2) is 4.79 Å². The molecule has 2 aromatic rings. The normalized spacial score (nSPS) is 10.3. The zero-order chi connectivity index (χ0) is 14.5. The lowest BCUT2D eigenvalue weighted by Crippen LogP contribution is -2.04. The van der Waals surface area contributed by atoms with Crippen LogP contribution in [0.25, 0.3) is 0 Å². The van der Waals surface area contributed by atoms with Gasteiger partial charge in [-0.1, -0.05) is 5.16 Å². The number of nitrogens with zero attached hydrogens (tertiary/aromatic N) is 2. The molecule has 0 unspecified atom stereocenters. The average molecular weight is 343 g/mol. The molecule has 106 valence electrons. The summed E-state index contributed by atoms with van der Waals surface area (Å²) in [7, 11) is 0. The Kier molecular flexibility index (Phi) is 4.57. The van der Waals surface area contributed by atoms with Gasteiger partial charge in [0.2, 0.25) is 12.2 Å². The molecule has 1 heterocycles. The number of aromatic nitrogens is 2. The van der Waals surface area contributed by atoms with E-state index in [1.807, 2.05) is 0 Å². The molecular formula is C12H11BrN2O5. The fourth-order valence-corrected chi connectivity index (χ4v) is 2.04. The SMILES string of the molecule is CCOc1cc(C(=O)O)cc(Br)c1OCc1ncon1. The lowest BCUT2D eigenvalue weighted by molar-refractivity contribution is 0.0696. The third-order valence-electron chi connectivity index (χ3n) is 2.31. The summed E-state index contributed by atoms with van der Waals surface area (Å²) in [5.41, 5.74) is 0.104. The minimum atomic E-state index is -1.05. The van der Waals surface area contributed by atoms with Crippen LogP contribution in [0.5, 0.6) is 11.5 Å². The molecule has 0 fully saturated rings. The molecule has 0 aliphatic heterocycles. The number of carboxylic acids is 1. The first-order chi connectivity index (χ1) is 9.61. The topological polar surface area (TPSA) is 94.7 Å². The number of hydrogen-bond donors (Lipinski definition) is 1. The Hall–Kier alpha value is -2.09. The molecule has 0 bridgehead atoms. The van der Waals surface area contributed by atoms with Gasteiger partial charge in [-0.15, -0.1) is 0 Å². The molecule has 0 aliphatic carbocycles. The molecule has 0 spiro atoms. The van der Waals surface area contributed by atoms with Crippen LogP contribution in [-0.4, -0.2) is 27.8 Å². The molecule has 0 atom stereocenters. The molecule has 20 heavy (non-hydrogen) atoms. The molecule has 1 N–H and O–H groups in total. The van der Waals surface area contributed by atoms with E-state index in [0.29, 0.717) is 28.4 Å². The van der Waals surface area contributed by atoms with Crippen LogP contribution in [0.1, 0.15) is 23.1 Å². The number of halogens is 1. The monoisotopic (exact) mass is 342 g/mol. The third kappa shape index (κ3) is 3.27. The summed E-state index contributed by atoms with van der Waals surface area (Å²) in [6.45, 7) is 2.26. The number of rotatable bonds is 6. The average Bonchev–Trinajstić information content (AvgIpc) is 2.91. The van der Waals surface area contributed by atoms with Crippen LogP contribution in [0.2, 0.25) is 0 Å². The van der Waals surface area contributed by atoms with Crippen molar-refractivity contribution in [1.29, 1.82) is 0 Å². The highest BCUT2D eigenvalue weighted by Gasteiger charge is 2.16. The highest BCUT2D eigenvalue weighted by molar-refractivity contribution is 9.10. The van der Waals surface area contributed by atoms with E-state index in [-0.39, 0.29) is 12.2 Å². The standard InChI is InChI=1S/C12H11BrN2O5/c1-2-18-9-4-7(12(16)17)3-8(13)11(9)19-5-10-14-6-20-15-10/h3-4,6H,2,5H2,1H3,(H,16,17). The van der Waals surface area contributed by atoms with E-state index in [9.17, 15) is 4.79 Å². The summed E-state index contributed by atoms with van der Waals surface area (Å²) in [5.74, 6) is 0.0578. The molecule has 2 rings (SSSR count). The van der Waals surface area contributed by atoms with E-state index in [4.69, 9.17) is 14.6 Å². The Labute approximate surface area is 122 Å². The quantitative estimate of drug-likeness (QED) is 0.861. The molecule has 7 nitrogen and oxygen atoms in total. The van der Waals surface area contributed by atoms with Gasteiger partial charge < -0.3 is 19.1 Å². The first-order valence-electron chi connectivity index (χ1n) is 5.69. The van der Waals surface area contributed by atoms with Gasteiger partial charge in [0.05, 0.1) is 16.6 Å². The van der Waals surface area contributed by atoms with E-state index in [1.54, 1.807) is 6.92 Å². The van der Waals surface area contributed by atoms with Gasteiger partial charge in [0.1, 0.15) is 0 Å². The van der Waals surface area contributed by atoms with Crippen LogP contribution in [0.15, 0.2) is 27.5 Å². The summed E-state index contributed by atoms with van der Waals surface area (Å²) < 4.78 is 16.0. The largest absolute Gasteiger partial charge is 0.490 e. The van der Waals surface area contributed by atoms with Crippen molar-refractivity contribution in [3.8, 4) is 11.5 Å². The minimum absolute atomic E-state index is 0.0849. The number of benzene rings is 1. The number of aromatic carboxylic acids is 1. The summed E-state index contributed by atoms with van der Waals surface area (Å²) >= 11 is 3.27. The predicted octanol–water partition coefficient (Wildman–Crippen LogP) is 2.51. The summed E-state index contributed by atoms with van der Waals surface area (Å²) in [6.07, 6.45) is 1.20. The molecule has 1 aromatic carbocycles. The van der Waals surface area contributed by atoms with Crippen LogP contribution in [0, 0.1) is 0 Å². The summed E-state index contributed by atoms with van der Waals surface area (Å²) in [6, 6.07) is 2.85. The first-order valence-corrected chi connectivity index (χ1v) is 6.48. The third-order valence-corrected chi connectivity index (χ3v) is 2.90. The smallest absolute Gasteiger partial charge is 0.335 e. The molecule has 0 aliphatic rings. The molecule has 0 amide bonds. The Morgan fingerprint density at radius 3 is 2.85 bits per heavy atom. The lowest BCUT2D eigenvalue weighted by Gasteiger charge is -2.13. The van der Waals surface area contributed by atoms with Crippen molar-refractivity contribution in [3.63, 3.8) is 0 Å². The van der Waals surface area contributed by atoms with Crippen LogP contribution in [0.4, 0.5) is 0 Å². The van der Waals surface area contributed by atoms with Crippen molar-refractivity contribution in [2.45, 2.75) is 13.5 Å². The molecule has 0 saturated carbocycles. The fraction of sp³-hybridized carbons (Fsp3) is 0.250. The number of carbonyl (C=O) groups is 1. The second-order valence-corrected chi connectivity index (χ2v) is 4.51. The molecule has 1 aromatic heterocycles. The van der Waals surface area contributed by atoms with Crippen molar-refractivity contribution >= 4 is 21.9 Å². The molecule has 8 heteroatoms. The lowest BCUT2D eigenvalue weighted by atomic mass is 10.2. The summed E-state index contributed by atoms with van der Waals surface area (Å²) in [4.78, 5) is 14.8. The van der Waals surface area contributed by atoms with Crippen molar-refractivity contribution in [3.05, 3.63) is 34.4 Å². The van der Waals surface area contributed by atoms with E-state index < -0.39 is 5.97 Å². The fourth-order valence-electron chi connectivity index (χ4n) is 1.49. The number of ether oxygens (including phenoxy) is 2. The second kappa shape index (κ2) is 6.38. The van der Waals surface area contributed by atoms with E-state index in [1.165, 1.54) is 18.5 Å². The van der Waals surface area contributed by atoms with Gasteiger partial charge in [-0.05, 0) is 35.0 Å². The number of carboxylic acid groups (broad SMARTS) is 1. The maximum atomic E-state index is 11.0. The van der Waals surface area contributed by atoms with E-state index >= 15 is 0 Å². The highest BCUT2D eigenvalue weighted by atomic mass is 79.9. The first kappa shape index (κ1) is 14.3. The van der Waals surface area contributed by atoms with Crippen LogP contribution >= 0.6 is 15.9 Å². The molecule has 0 radical (unpaired) electrons. The van der Waals surface area contributed by atoms with E-state index in [2.05, 4.69) is 30.6 Å². The van der Waals surface area contributed by atoms with Crippen molar-refractivity contribution in [1.82, 2.24) is 10.1 Å². The zero-order valence-electron chi connectivity index (χ0n) is 10.5. The maximum absolute atomic E-state index is 11.0. The van der Waals surface area contributed by atoms with Gasteiger partial charge in [0, 0.05) is 0 Å². The van der Waals surface area contributed by atoms with Gasteiger partial charge in [-0.2, -0.15) is 4.98 Å². The zero-order valence-corrected chi connectivity index (χ0v) is 12.1. The maximum Gasteiger partial charge on any atom is 0.335 e. The van der Waals surface area contributed by atoms with Crippen LogP contribution in [0.3, 0.4) is 0 Å². The highest BCUT2D eigenvalue weighted by Crippen LogP contribution is 2.37. The molecular weight excluding hydrogens is 332 g/mol. The Morgan fingerprint density at radius 2 is 2.25 bits per heavy atom. The van der Waals surface area contributed by atoms with Gasteiger partial charge in [0.15, 0.2) is 18.1 Å². The Balaban J connectivity index is 2.27. The van der Waals surface area contributed by atoms with Crippen LogP contribution in [-0.2, 0) is 6.61 Å². The summed E-state index contributed by atoms with van der Waals surface area (Å²) in [5, 5.41) is 12.6. The number of hydrogen-bond acceptors (Lipinski definition) is 6. The van der Waals surface area contributed by atoms with Gasteiger partial charge in [0.25, 0.3) is 0 Å². The van der Waals surface area contributed by atoms with Gasteiger partial charge in [-0.3, -0.25) is 0 Å². The second-order valence-electron chi connectivity index (χ2n) is 3.66. The predicted molar refractivity (Wildman–Crippen MR) is 70.9 cm³/mol. The van der Waals surface area contributed by atoms with Gasteiger partial charge >= 0.3 is 5.97 Å².